The van der Waals surface area contributed by atoms with Crippen molar-refractivity contribution in [3.8, 4) is 0 Å². The molecule has 2 atom stereocenters. The van der Waals surface area contributed by atoms with Crippen LogP contribution in [-0.2, 0) is 10.0 Å². The molecule has 6 heteroatoms. The number of fused-ring (bicyclic) bond motifs is 1. The summed E-state index contributed by atoms with van der Waals surface area (Å²) in [4.78, 5) is 4.56. The van der Waals surface area contributed by atoms with Crippen LogP contribution in [0.1, 0.15) is 24.8 Å². The van der Waals surface area contributed by atoms with E-state index in [0.29, 0.717) is 12.1 Å². The molecule has 22 heavy (non-hydrogen) atoms. The minimum Gasteiger partial charge on any atom is -0.330 e. The van der Waals surface area contributed by atoms with Crippen LogP contribution >= 0.6 is 0 Å². The first-order valence-electron chi connectivity index (χ1n) is 7.59. The number of pyridine rings is 1. The van der Waals surface area contributed by atoms with Gasteiger partial charge in [0.05, 0.1) is 5.52 Å². The fraction of sp³-hybridized carbons (Fsp3) is 0.438. The number of rotatable bonds is 4. The van der Waals surface area contributed by atoms with Crippen molar-refractivity contribution in [3.63, 3.8) is 0 Å². The number of benzene rings is 1. The lowest BCUT2D eigenvalue weighted by molar-refractivity contribution is 0.453. The fourth-order valence-electron chi connectivity index (χ4n) is 3.20. The fourth-order valence-corrected chi connectivity index (χ4v) is 4.72. The number of hydrogen-bond acceptors (Lipinski definition) is 4. The maximum absolute atomic E-state index is 12.8. The Morgan fingerprint density at radius 3 is 2.95 bits per heavy atom. The summed E-state index contributed by atoms with van der Waals surface area (Å²) in [5, 5.41) is 0.838. The molecule has 0 bridgehead atoms. The first kappa shape index (κ1) is 15.4. The maximum atomic E-state index is 12.8. The second kappa shape index (κ2) is 5.95. The van der Waals surface area contributed by atoms with E-state index in [-0.39, 0.29) is 16.9 Å². The van der Waals surface area contributed by atoms with Crippen molar-refractivity contribution in [2.24, 2.45) is 11.7 Å². The Balaban J connectivity index is 1.99. The van der Waals surface area contributed by atoms with E-state index in [1.165, 1.54) is 0 Å². The molecule has 1 aliphatic rings. The number of nitrogens with two attached hydrogens (primary N) is 1. The largest absolute Gasteiger partial charge is 0.330 e. The molecule has 0 amide bonds. The lowest BCUT2D eigenvalue weighted by atomic mass is 10.1. The quantitative estimate of drug-likeness (QED) is 0.902. The van der Waals surface area contributed by atoms with Gasteiger partial charge in [-0.1, -0.05) is 18.6 Å². The molecular weight excluding hydrogens is 298 g/mol. The minimum absolute atomic E-state index is 0.0734. The Labute approximate surface area is 131 Å². The average Bonchev–Trinajstić information content (AvgIpc) is 2.92. The van der Waals surface area contributed by atoms with E-state index < -0.39 is 10.0 Å². The van der Waals surface area contributed by atoms with Gasteiger partial charge in [0.15, 0.2) is 0 Å². The second-order valence-corrected chi connectivity index (χ2v) is 7.68. The van der Waals surface area contributed by atoms with E-state index in [9.17, 15) is 8.42 Å². The monoisotopic (exact) mass is 319 g/mol. The molecular formula is C16H21N3O2S. The Kier molecular flexibility index (Phi) is 4.16. The Morgan fingerprint density at radius 1 is 1.36 bits per heavy atom. The molecule has 2 unspecified atom stereocenters. The van der Waals surface area contributed by atoms with Gasteiger partial charge in [-0.05, 0) is 49.9 Å². The maximum Gasteiger partial charge on any atom is 0.242 e. The number of aryl methyl sites for hydroxylation is 1. The Morgan fingerprint density at radius 2 is 2.18 bits per heavy atom. The zero-order chi connectivity index (χ0) is 15.7. The van der Waals surface area contributed by atoms with E-state index in [1.54, 1.807) is 18.3 Å². The molecule has 1 aromatic carbocycles. The predicted octanol–water partition coefficient (Wildman–Crippen LogP) is 1.95. The summed E-state index contributed by atoms with van der Waals surface area (Å²) in [6.07, 6.45) is 4.54. The summed E-state index contributed by atoms with van der Waals surface area (Å²) in [6, 6.07) is 7.12. The van der Waals surface area contributed by atoms with Crippen LogP contribution < -0.4 is 10.5 Å². The van der Waals surface area contributed by atoms with Crippen molar-refractivity contribution in [2.75, 3.05) is 6.54 Å². The minimum atomic E-state index is -3.59. The van der Waals surface area contributed by atoms with Crippen molar-refractivity contribution in [2.45, 2.75) is 37.1 Å². The number of aromatic nitrogens is 1. The van der Waals surface area contributed by atoms with Gasteiger partial charge in [0.2, 0.25) is 10.0 Å². The Hall–Kier alpha value is -1.50. The molecule has 0 saturated heterocycles. The van der Waals surface area contributed by atoms with E-state index in [0.717, 1.165) is 30.2 Å². The number of nitrogens with one attached hydrogen (secondary N) is 1. The molecule has 0 aliphatic heterocycles. The normalized spacial score (nSPS) is 22.3. The van der Waals surface area contributed by atoms with Crippen LogP contribution in [0, 0.1) is 12.8 Å². The highest BCUT2D eigenvalue weighted by atomic mass is 32.2. The molecule has 1 aromatic heterocycles. The van der Waals surface area contributed by atoms with Crippen molar-refractivity contribution >= 4 is 20.9 Å². The van der Waals surface area contributed by atoms with Crippen molar-refractivity contribution in [3.05, 3.63) is 36.0 Å². The third kappa shape index (κ3) is 2.86. The summed E-state index contributed by atoms with van der Waals surface area (Å²) in [7, 11) is -3.59. The summed E-state index contributed by atoms with van der Waals surface area (Å²) < 4.78 is 28.3. The van der Waals surface area contributed by atoms with Gasteiger partial charge in [0.1, 0.15) is 4.90 Å². The van der Waals surface area contributed by atoms with Crippen LogP contribution in [-0.4, -0.2) is 26.0 Å². The van der Waals surface area contributed by atoms with E-state index in [2.05, 4.69) is 9.71 Å². The smallest absolute Gasteiger partial charge is 0.242 e. The van der Waals surface area contributed by atoms with Crippen molar-refractivity contribution in [1.82, 2.24) is 9.71 Å². The molecule has 1 aliphatic carbocycles. The van der Waals surface area contributed by atoms with Crippen LogP contribution in [0.5, 0.6) is 0 Å². The van der Waals surface area contributed by atoms with E-state index in [4.69, 9.17) is 5.73 Å². The third-order valence-corrected chi connectivity index (χ3v) is 5.89. The summed E-state index contributed by atoms with van der Waals surface area (Å²) in [5.74, 6) is 0.222. The number of nitrogens with zero attached hydrogens (tertiary/aromatic N) is 1. The van der Waals surface area contributed by atoms with E-state index >= 15 is 0 Å². The van der Waals surface area contributed by atoms with Gasteiger partial charge in [-0.15, -0.1) is 0 Å². The lowest BCUT2D eigenvalue weighted by Crippen LogP contribution is -2.39. The predicted molar refractivity (Wildman–Crippen MR) is 87.0 cm³/mol. The van der Waals surface area contributed by atoms with Gasteiger partial charge in [-0.25, -0.2) is 13.1 Å². The SMILES string of the molecule is Cc1cnc2c(S(=O)(=O)NC3CCCC3CN)cccc2c1. The third-order valence-electron chi connectivity index (χ3n) is 4.37. The number of para-hydroxylation sites is 1. The molecule has 2 aromatic rings. The molecule has 0 radical (unpaired) electrons. The summed E-state index contributed by atoms with van der Waals surface area (Å²) >= 11 is 0. The van der Waals surface area contributed by atoms with Gasteiger partial charge in [0.25, 0.3) is 0 Å². The van der Waals surface area contributed by atoms with Crippen LogP contribution in [0.15, 0.2) is 35.4 Å². The van der Waals surface area contributed by atoms with Gasteiger partial charge in [-0.3, -0.25) is 4.98 Å². The second-order valence-electron chi connectivity index (χ2n) is 6.00. The van der Waals surface area contributed by atoms with Crippen molar-refractivity contribution < 1.29 is 8.42 Å². The first-order valence-corrected chi connectivity index (χ1v) is 9.07. The zero-order valence-electron chi connectivity index (χ0n) is 12.6. The van der Waals surface area contributed by atoms with Gasteiger partial charge in [-0.2, -0.15) is 0 Å². The zero-order valence-corrected chi connectivity index (χ0v) is 13.4. The molecule has 0 spiro atoms. The summed E-state index contributed by atoms with van der Waals surface area (Å²) in [6.45, 7) is 2.45. The van der Waals surface area contributed by atoms with Gasteiger partial charge >= 0.3 is 0 Å². The van der Waals surface area contributed by atoms with Crippen LogP contribution in [0.2, 0.25) is 0 Å². The average molecular weight is 319 g/mol. The molecule has 1 heterocycles. The molecule has 3 rings (SSSR count). The lowest BCUT2D eigenvalue weighted by Gasteiger charge is -2.19. The topological polar surface area (TPSA) is 85.1 Å². The molecule has 5 nitrogen and oxygen atoms in total. The molecule has 1 fully saturated rings. The van der Waals surface area contributed by atoms with Crippen molar-refractivity contribution in [1.29, 1.82) is 0 Å². The first-order chi connectivity index (χ1) is 10.5. The number of hydrogen-bond donors (Lipinski definition) is 2. The standard InChI is InChI=1S/C16H21N3O2S/c1-11-8-12-4-3-7-15(16(12)18-10-11)22(20,21)19-14-6-2-5-13(14)9-17/h3-4,7-8,10,13-14,19H,2,5-6,9,17H2,1H3. The van der Waals surface area contributed by atoms with Crippen LogP contribution in [0.4, 0.5) is 0 Å². The van der Waals surface area contributed by atoms with Gasteiger partial charge in [0, 0.05) is 17.6 Å². The highest BCUT2D eigenvalue weighted by Crippen LogP contribution is 2.28. The Bertz CT molecular complexity index is 789. The molecule has 1 saturated carbocycles. The van der Waals surface area contributed by atoms with Gasteiger partial charge < -0.3 is 5.73 Å². The number of sulfonamides is 1. The van der Waals surface area contributed by atoms with E-state index in [1.807, 2.05) is 19.1 Å². The highest BCUT2D eigenvalue weighted by Gasteiger charge is 2.31. The van der Waals surface area contributed by atoms with Crippen LogP contribution in [0.3, 0.4) is 0 Å². The molecule has 118 valence electrons. The summed E-state index contributed by atoms with van der Waals surface area (Å²) in [5.41, 5.74) is 7.27. The molecule has 3 N–H and O–H groups in total. The van der Waals surface area contributed by atoms with Crippen LogP contribution in [0.25, 0.3) is 10.9 Å². The highest BCUT2D eigenvalue weighted by molar-refractivity contribution is 7.89.